The van der Waals surface area contributed by atoms with Crippen LogP contribution in [0.2, 0.25) is 0 Å². The summed E-state index contributed by atoms with van der Waals surface area (Å²) in [7, 11) is 0. The molecule has 1 aromatic heterocycles. The van der Waals surface area contributed by atoms with Crippen molar-refractivity contribution < 1.29 is 9.18 Å². The minimum atomic E-state index is -0.289. The van der Waals surface area contributed by atoms with Gasteiger partial charge in [-0.25, -0.2) is 9.18 Å². The van der Waals surface area contributed by atoms with E-state index in [9.17, 15) is 9.18 Å². The van der Waals surface area contributed by atoms with Crippen molar-refractivity contribution in [1.29, 1.82) is 0 Å². The maximum Gasteiger partial charge on any atom is 0.319 e. The molecule has 98 valence electrons. The molecule has 4 nitrogen and oxygen atoms in total. The number of nitrogens with zero attached hydrogens (tertiary/aromatic N) is 1. The zero-order valence-electron chi connectivity index (χ0n) is 10.3. The largest absolute Gasteiger partial charge is 0.338 e. The molecule has 5 heteroatoms. The van der Waals surface area contributed by atoms with Gasteiger partial charge in [0, 0.05) is 24.6 Å². The van der Waals surface area contributed by atoms with Gasteiger partial charge in [0.2, 0.25) is 0 Å². The molecule has 1 heterocycles. The molecule has 2 N–H and O–H groups in total. The molecule has 0 atom stereocenters. The third kappa shape index (κ3) is 4.39. The van der Waals surface area contributed by atoms with Crippen molar-refractivity contribution in [3.05, 3.63) is 60.2 Å². The Balaban J connectivity index is 1.75. The summed E-state index contributed by atoms with van der Waals surface area (Å²) in [4.78, 5) is 15.4. The van der Waals surface area contributed by atoms with E-state index in [1.165, 1.54) is 12.1 Å². The fourth-order valence-corrected chi connectivity index (χ4v) is 1.62. The molecule has 0 saturated carbocycles. The Morgan fingerprint density at radius 3 is 2.74 bits per heavy atom. The minimum Gasteiger partial charge on any atom is -0.338 e. The van der Waals surface area contributed by atoms with Gasteiger partial charge in [0.15, 0.2) is 0 Å². The van der Waals surface area contributed by atoms with Crippen LogP contribution < -0.4 is 10.6 Å². The van der Waals surface area contributed by atoms with Gasteiger partial charge in [-0.15, -0.1) is 0 Å². The number of rotatable bonds is 4. The monoisotopic (exact) mass is 259 g/mol. The van der Waals surface area contributed by atoms with Gasteiger partial charge in [-0.2, -0.15) is 0 Å². The standard InChI is InChI=1S/C14H14FN3O/c15-12-3-1-2-11(10-12)4-9-17-14(19)18-13-5-7-16-8-6-13/h1-3,5-8,10H,4,9H2,(H2,16,17,18,19). The van der Waals surface area contributed by atoms with Crippen molar-refractivity contribution in [2.45, 2.75) is 6.42 Å². The average Bonchev–Trinajstić information content (AvgIpc) is 2.40. The number of urea groups is 1. The van der Waals surface area contributed by atoms with Crippen molar-refractivity contribution in [2.75, 3.05) is 11.9 Å². The first-order chi connectivity index (χ1) is 9.24. The van der Waals surface area contributed by atoms with Crippen molar-refractivity contribution >= 4 is 11.7 Å². The zero-order valence-corrected chi connectivity index (χ0v) is 10.3. The SMILES string of the molecule is O=C(NCCc1cccc(F)c1)Nc1ccncc1. The van der Waals surface area contributed by atoms with Gasteiger partial charge < -0.3 is 10.6 Å². The van der Waals surface area contributed by atoms with Gasteiger partial charge in [-0.1, -0.05) is 12.1 Å². The van der Waals surface area contributed by atoms with E-state index in [0.29, 0.717) is 18.7 Å². The second-order valence-electron chi connectivity index (χ2n) is 4.00. The summed E-state index contributed by atoms with van der Waals surface area (Å²) in [6.45, 7) is 0.445. The van der Waals surface area contributed by atoms with Crippen LogP contribution in [0.5, 0.6) is 0 Å². The van der Waals surface area contributed by atoms with Crippen LogP contribution in [-0.4, -0.2) is 17.6 Å². The number of hydrogen-bond donors (Lipinski definition) is 2. The smallest absolute Gasteiger partial charge is 0.319 e. The van der Waals surface area contributed by atoms with E-state index in [4.69, 9.17) is 0 Å². The molecule has 0 aliphatic carbocycles. The number of nitrogens with one attached hydrogen (secondary N) is 2. The molecule has 0 spiro atoms. The normalized spacial score (nSPS) is 9.95. The van der Waals surface area contributed by atoms with Gasteiger partial charge in [-0.05, 0) is 36.2 Å². The van der Waals surface area contributed by atoms with Crippen LogP contribution in [-0.2, 0) is 6.42 Å². The number of amides is 2. The summed E-state index contributed by atoms with van der Waals surface area (Å²) < 4.78 is 12.9. The number of pyridine rings is 1. The van der Waals surface area contributed by atoms with Crippen molar-refractivity contribution in [3.8, 4) is 0 Å². The lowest BCUT2D eigenvalue weighted by atomic mass is 10.1. The van der Waals surface area contributed by atoms with Crippen molar-refractivity contribution in [2.24, 2.45) is 0 Å². The van der Waals surface area contributed by atoms with Crippen LogP contribution in [0.15, 0.2) is 48.8 Å². The number of hydrogen-bond acceptors (Lipinski definition) is 2. The minimum absolute atomic E-state index is 0.265. The van der Waals surface area contributed by atoms with E-state index >= 15 is 0 Å². The van der Waals surface area contributed by atoms with Gasteiger partial charge in [0.25, 0.3) is 0 Å². The van der Waals surface area contributed by atoms with E-state index in [2.05, 4.69) is 15.6 Å². The molecule has 2 amide bonds. The number of halogens is 1. The van der Waals surface area contributed by atoms with E-state index in [0.717, 1.165) is 5.56 Å². The van der Waals surface area contributed by atoms with Crippen LogP contribution in [0.1, 0.15) is 5.56 Å². The maximum absolute atomic E-state index is 12.9. The lowest BCUT2D eigenvalue weighted by Crippen LogP contribution is -2.30. The van der Waals surface area contributed by atoms with Crippen LogP contribution in [0.25, 0.3) is 0 Å². The first kappa shape index (κ1) is 13.0. The first-order valence-corrected chi connectivity index (χ1v) is 5.93. The van der Waals surface area contributed by atoms with E-state index in [1.807, 2.05) is 6.07 Å². The molecule has 19 heavy (non-hydrogen) atoms. The lowest BCUT2D eigenvalue weighted by Gasteiger charge is -2.07. The van der Waals surface area contributed by atoms with Gasteiger partial charge >= 0.3 is 6.03 Å². The number of carbonyl (C=O) groups is 1. The number of aromatic nitrogens is 1. The Morgan fingerprint density at radius 2 is 2.00 bits per heavy atom. The Morgan fingerprint density at radius 1 is 1.21 bits per heavy atom. The van der Waals surface area contributed by atoms with Gasteiger partial charge in [-0.3, -0.25) is 4.98 Å². The highest BCUT2D eigenvalue weighted by Crippen LogP contribution is 2.04. The summed E-state index contributed by atoms with van der Waals surface area (Å²) in [6.07, 6.45) is 3.78. The second-order valence-corrected chi connectivity index (χ2v) is 4.00. The molecule has 0 fully saturated rings. The number of anilines is 1. The average molecular weight is 259 g/mol. The Hall–Kier alpha value is -2.43. The predicted molar refractivity (Wildman–Crippen MR) is 71.4 cm³/mol. The molecule has 1 aromatic carbocycles. The number of carbonyl (C=O) groups excluding carboxylic acids is 1. The molecule has 0 aliphatic heterocycles. The predicted octanol–water partition coefficient (Wildman–Crippen LogP) is 2.58. The van der Waals surface area contributed by atoms with Crippen molar-refractivity contribution in [3.63, 3.8) is 0 Å². The molecule has 0 radical (unpaired) electrons. The van der Waals surface area contributed by atoms with Crippen LogP contribution >= 0.6 is 0 Å². The lowest BCUT2D eigenvalue weighted by molar-refractivity contribution is 0.252. The molecule has 2 rings (SSSR count). The summed E-state index contributed by atoms with van der Waals surface area (Å²) in [5.41, 5.74) is 1.53. The zero-order chi connectivity index (χ0) is 13.5. The molecule has 2 aromatic rings. The third-order valence-electron chi connectivity index (χ3n) is 2.53. The quantitative estimate of drug-likeness (QED) is 0.886. The third-order valence-corrected chi connectivity index (χ3v) is 2.53. The molecular weight excluding hydrogens is 245 g/mol. The highest BCUT2D eigenvalue weighted by atomic mass is 19.1. The summed E-state index contributed by atoms with van der Waals surface area (Å²) in [5.74, 6) is -0.265. The fraction of sp³-hybridized carbons (Fsp3) is 0.143. The Bertz CT molecular complexity index is 545. The van der Waals surface area contributed by atoms with E-state index in [1.54, 1.807) is 30.6 Å². The van der Waals surface area contributed by atoms with Crippen LogP contribution in [0, 0.1) is 5.82 Å². The van der Waals surface area contributed by atoms with E-state index in [-0.39, 0.29) is 11.8 Å². The topological polar surface area (TPSA) is 54.0 Å². The molecule has 0 bridgehead atoms. The summed E-state index contributed by atoms with van der Waals surface area (Å²) in [6, 6.07) is 9.45. The van der Waals surface area contributed by atoms with Gasteiger partial charge in [0.1, 0.15) is 5.82 Å². The van der Waals surface area contributed by atoms with Gasteiger partial charge in [0.05, 0.1) is 0 Å². The Kier molecular flexibility index (Phi) is 4.44. The highest BCUT2D eigenvalue weighted by molar-refractivity contribution is 5.89. The molecule has 0 unspecified atom stereocenters. The summed E-state index contributed by atoms with van der Waals surface area (Å²) >= 11 is 0. The summed E-state index contributed by atoms with van der Waals surface area (Å²) in [5, 5.41) is 5.38. The highest BCUT2D eigenvalue weighted by Gasteiger charge is 2.01. The van der Waals surface area contributed by atoms with Crippen molar-refractivity contribution in [1.82, 2.24) is 10.3 Å². The first-order valence-electron chi connectivity index (χ1n) is 5.93. The van der Waals surface area contributed by atoms with E-state index < -0.39 is 0 Å². The second kappa shape index (κ2) is 6.49. The van der Waals surface area contributed by atoms with Crippen LogP contribution in [0.4, 0.5) is 14.9 Å². The molecule has 0 aliphatic rings. The molecule has 0 saturated heterocycles. The Labute approximate surface area is 110 Å². The van der Waals surface area contributed by atoms with Crippen LogP contribution in [0.3, 0.4) is 0 Å². The number of benzene rings is 1. The fourth-order valence-electron chi connectivity index (χ4n) is 1.62. The maximum atomic E-state index is 12.9. The molecular formula is C14H14FN3O.